The third-order valence-corrected chi connectivity index (χ3v) is 2.35. The van der Waals surface area contributed by atoms with E-state index in [0.29, 0.717) is 16.9 Å². The summed E-state index contributed by atoms with van der Waals surface area (Å²) in [6.45, 7) is 3.43. The fraction of sp³-hybridized carbons (Fsp3) is 0.333. The van der Waals surface area contributed by atoms with Gasteiger partial charge in [-0.1, -0.05) is 0 Å². The van der Waals surface area contributed by atoms with E-state index in [2.05, 4.69) is 10.1 Å². The van der Waals surface area contributed by atoms with Crippen LogP contribution in [0.15, 0.2) is 10.9 Å². The van der Waals surface area contributed by atoms with Crippen LogP contribution in [0, 0.1) is 13.8 Å². The van der Waals surface area contributed by atoms with Crippen molar-refractivity contribution in [3.8, 4) is 0 Å². The predicted octanol–water partition coefficient (Wildman–Crippen LogP) is 1.58. The highest BCUT2D eigenvalue weighted by atomic mass is 19.3. The van der Waals surface area contributed by atoms with E-state index in [0.717, 1.165) is 10.6 Å². The molecule has 2 rings (SSSR count). The van der Waals surface area contributed by atoms with Gasteiger partial charge in [0, 0.05) is 11.6 Å². The third kappa shape index (κ3) is 1.42. The lowest BCUT2D eigenvalue weighted by Crippen LogP contribution is -2.12. The number of aryl methyl sites for hydroxylation is 2. The van der Waals surface area contributed by atoms with Crippen LogP contribution in [0.4, 0.5) is 8.78 Å². The van der Waals surface area contributed by atoms with Gasteiger partial charge in [0.05, 0.1) is 5.69 Å². The SMILES string of the molecule is Cc1nn2c(C(F)F)cc(=O)[nH]c2c1C. The lowest BCUT2D eigenvalue weighted by molar-refractivity contribution is 0.143. The van der Waals surface area contributed by atoms with Crippen LogP contribution in [0.3, 0.4) is 0 Å². The molecule has 0 aliphatic rings. The zero-order valence-electron chi connectivity index (χ0n) is 8.21. The molecule has 4 nitrogen and oxygen atoms in total. The molecule has 2 aromatic heterocycles. The minimum atomic E-state index is -2.71. The summed E-state index contributed by atoms with van der Waals surface area (Å²) in [5.41, 5.74) is 0.731. The second kappa shape index (κ2) is 3.15. The number of H-pyrrole nitrogens is 1. The molecule has 0 aliphatic heterocycles. The largest absolute Gasteiger partial charge is 0.307 e. The summed E-state index contributed by atoms with van der Waals surface area (Å²) in [6.07, 6.45) is -2.71. The average Bonchev–Trinajstić information content (AvgIpc) is 2.43. The van der Waals surface area contributed by atoms with Crippen molar-refractivity contribution in [2.45, 2.75) is 20.3 Å². The zero-order chi connectivity index (χ0) is 11.2. The van der Waals surface area contributed by atoms with Crippen LogP contribution in [0.25, 0.3) is 5.65 Å². The minimum Gasteiger partial charge on any atom is -0.307 e. The van der Waals surface area contributed by atoms with Gasteiger partial charge in [0.15, 0.2) is 0 Å². The molecule has 0 aromatic carbocycles. The Balaban J connectivity index is 2.92. The highest BCUT2D eigenvalue weighted by Gasteiger charge is 2.16. The minimum absolute atomic E-state index is 0.329. The molecule has 80 valence electrons. The van der Waals surface area contributed by atoms with Crippen LogP contribution in [0.5, 0.6) is 0 Å². The van der Waals surface area contributed by atoms with Crippen molar-refractivity contribution in [2.24, 2.45) is 0 Å². The van der Waals surface area contributed by atoms with Gasteiger partial charge < -0.3 is 4.98 Å². The van der Waals surface area contributed by atoms with Gasteiger partial charge in [-0.3, -0.25) is 4.79 Å². The molecule has 0 bridgehead atoms. The Bertz CT molecular complexity index is 570. The van der Waals surface area contributed by atoms with Crippen LogP contribution in [0.2, 0.25) is 0 Å². The second-order valence-corrected chi connectivity index (χ2v) is 3.33. The molecule has 1 N–H and O–H groups in total. The number of hydrogen-bond donors (Lipinski definition) is 1. The number of alkyl halides is 2. The standard InChI is InChI=1S/C9H9F2N3O/c1-4-5(2)13-14-6(8(10)11)3-7(15)12-9(4)14/h3,8H,1-2H3,(H,12,15). The number of halogens is 2. The Kier molecular flexibility index (Phi) is 2.06. The quantitative estimate of drug-likeness (QED) is 0.781. The van der Waals surface area contributed by atoms with Gasteiger partial charge in [0.1, 0.15) is 11.3 Å². The first-order valence-electron chi connectivity index (χ1n) is 4.38. The summed E-state index contributed by atoms with van der Waals surface area (Å²) in [7, 11) is 0. The number of hydrogen-bond acceptors (Lipinski definition) is 2. The van der Waals surface area contributed by atoms with Crippen molar-refractivity contribution in [1.29, 1.82) is 0 Å². The van der Waals surface area contributed by atoms with Crippen LogP contribution in [0.1, 0.15) is 23.4 Å². The van der Waals surface area contributed by atoms with E-state index in [-0.39, 0.29) is 5.69 Å². The van der Waals surface area contributed by atoms with Gasteiger partial charge >= 0.3 is 0 Å². The van der Waals surface area contributed by atoms with E-state index in [1.165, 1.54) is 0 Å². The average molecular weight is 213 g/mol. The normalized spacial score (nSPS) is 11.5. The fourth-order valence-electron chi connectivity index (χ4n) is 1.44. The van der Waals surface area contributed by atoms with Crippen LogP contribution < -0.4 is 5.56 Å². The molecule has 0 spiro atoms. The molecular formula is C9H9F2N3O. The molecule has 0 atom stereocenters. The monoisotopic (exact) mass is 213 g/mol. The first-order valence-corrected chi connectivity index (χ1v) is 4.38. The van der Waals surface area contributed by atoms with Crippen molar-refractivity contribution in [2.75, 3.05) is 0 Å². The van der Waals surface area contributed by atoms with Crippen molar-refractivity contribution in [3.05, 3.63) is 33.4 Å². The first kappa shape index (κ1) is 9.82. The Hall–Kier alpha value is -1.72. The van der Waals surface area contributed by atoms with Crippen LogP contribution in [-0.2, 0) is 0 Å². The van der Waals surface area contributed by atoms with Gasteiger partial charge in [-0.15, -0.1) is 0 Å². The summed E-state index contributed by atoms with van der Waals surface area (Å²) in [4.78, 5) is 13.6. The molecule has 0 saturated heterocycles. The highest BCUT2D eigenvalue weighted by molar-refractivity contribution is 5.49. The van der Waals surface area contributed by atoms with Crippen LogP contribution >= 0.6 is 0 Å². The summed E-state index contributed by atoms with van der Waals surface area (Å²) >= 11 is 0. The second-order valence-electron chi connectivity index (χ2n) is 3.33. The molecule has 2 heterocycles. The fourth-order valence-corrected chi connectivity index (χ4v) is 1.44. The van der Waals surface area contributed by atoms with E-state index in [4.69, 9.17) is 0 Å². The van der Waals surface area contributed by atoms with Gasteiger partial charge in [-0.25, -0.2) is 13.3 Å². The van der Waals surface area contributed by atoms with E-state index in [1.54, 1.807) is 13.8 Å². The molecular weight excluding hydrogens is 204 g/mol. The first-order chi connectivity index (χ1) is 7.00. The van der Waals surface area contributed by atoms with Crippen molar-refractivity contribution >= 4 is 5.65 Å². The molecule has 0 unspecified atom stereocenters. The van der Waals surface area contributed by atoms with Gasteiger partial charge in [-0.2, -0.15) is 5.10 Å². The summed E-state index contributed by atoms with van der Waals surface area (Å²) in [6, 6.07) is 0.865. The van der Waals surface area contributed by atoms with E-state index >= 15 is 0 Å². The summed E-state index contributed by atoms with van der Waals surface area (Å²) < 4.78 is 26.3. The van der Waals surface area contributed by atoms with E-state index in [1.807, 2.05) is 0 Å². The smallest absolute Gasteiger partial charge is 0.280 e. The lowest BCUT2D eigenvalue weighted by atomic mass is 10.3. The molecule has 6 heteroatoms. The topological polar surface area (TPSA) is 50.2 Å². The van der Waals surface area contributed by atoms with E-state index in [9.17, 15) is 13.6 Å². The Morgan fingerprint density at radius 2 is 2.13 bits per heavy atom. The van der Waals surface area contributed by atoms with Crippen molar-refractivity contribution < 1.29 is 8.78 Å². The maximum atomic E-state index is 12.6. The molecule has 0 fully saturated rings. The number of fused-ring (bicyclic) bond motifs is 1. The van der Waals surface area contributed by atoms with E-state index < -0.39 is 12.0 Å². The Labute approximate surface area is 83.5 Å². The molecule has 0 saturated carbocycles. The van der Waals surface area contributed by atoms with Crippen LogP contribution in [-0.4, -0.2) is 14.6 Å². The number of aromatic amines is 1. The molecule has 2 aromatic rings. The maximum Gasteiger partial charge on any atom is 0.280 e. The Morgan fingerprint density at radius 1 is 1.47 bits per heavy atom. The summed E-state index contributed by atoms with van der Waals surface area (Å²) in [5.74, 6) is 0. The Morgan fingerprint density at radius 3 is 2.73 bits per heavy atom. The van der Waals surface area contributed by atoms with Crippen molar-refractivity contribution in [1.82, 2.24) is 14.6 Å². The summed E-state index contributed by atoms with van der Waals surface area (Å²) in [5, 5.41) is 3.94. The highest BCUT2D eigenvalue weighted by Crippen LogP contribution is 2.19. The lowest BCUT2D eigenvalue weighted by Gasteiger charge is -2.02. The molecule has 0 aliphatic carbocycles. The predicted molar refractivity (Wildman–Crippen MR) is 50.2 cm³/mol. The number of aromatic nitrogens is 3. The number of nitrogens with one attached hydrogen (secondary N) is 1. The molecule has 0 radical (unpaired) electrons. The number of nitrogens with zero attached hydrogens (tertiary/aromatic N) is 2. The number of rotatable bonds is 1. The maximum absolute atomic E-state index is 12.6. The van der Waals surface area contributed by atoms with Crippen molar-refractivity contribution in [3.63, 3.8) is 0 Å². The third-order valence-electron chi connectivity index (χ3n) is 2.35. The van der Waals surface area contributed by atoms with Gasteiger partial charge in [0.25, 0.3) is 12.0 Å². The zero-order valence-corrected chi connectivity index (χ0v) is 8.21. The van der Waals surface area contributed by atoms with Gasteiger partial charge in [-0.05, 0) is 13.8 Å². The molecule has 0 amide bonds. The molecule has 15 heavy (non-hydrogen) atoms. The van der Waals surface area contributed by atoms with Gasteiger partial charge in [0.2, 0.25) is 0 Å².